The molecule has 0 fully saturated rings. The second-order valence-electron chi connectivity index (χ2n) is 6.63. The molecule has 0 saturated heterocycles. The SMILES string of the molecule is O=C(CCCN1C(=O)c2ccc(Br)cc2C1=O)Nc1cccc(-c2noc(=O)[nH]2)c1. The van der Waals surface area contributed by atoms with Crippen molar-refractivity contribution in [2.24, 2.45) is 0 Å². The van der Waals surface area contributed by atoms with Gasteiger partial charge in [-0.05, 0) is 36.8 Å². The van der Waals surface area contributed by atoms with Crippen molar-refractivity contribution in [3.63, 3.8) is 0 Å². The van der Waals surface area contributed by atoms with Crippen LogP contribution in [0.5, 0.6) is 0 Å². The Morgan fingerprint density at radius 3 is 2.67 bits per heavy atom. The summed E-state index contributed by atoms with van der Waals surface area (Å²) in [5.41, 5.74) is 1.83. The van der Waals surface area contributed by atoms with E-state index in [9.17, 15) is 19.2 Å². The Morgan fingerprint density at radius 2 is 1.90 bits per heavy atom. The second-order valence-corrected chi connectivity index (χ2v) is 7.54. The van der Waals surface area contributed by atoms with E-state index in [0.29, 0.717) is 28.8 Å². The Labute approximate surface area is 178 Å². The van der Waals surface area contributed by atoms with Crippen molar-refractivity contribution in [1.29, 1.82) is 0 Å². The average Bonchev–Trinajstić information content (AvgIpc) is 3.25. The molecule has 3 aromatic rings. The average molecular weight is 471 g/mol. The van der Waals surface area contributed by atoms with Crippen LogP contribution in [0.4, 0.5) is 5.69 Å². The number of aromatic nitrogens is 2. The Balaban J connectivity index is 1.33. The van der Waals surface area contributed by atoms with E-state index in [1.54, 1.807) is 42.5 Å². The van der Waals surface area contributed by atoms with Crippen LogP contribution in [0, 0.1) is 0 Å². The highest BCUT2D eigenvalue weighted by molar-refractivity contribution is 9.10. The van der Waals surface area contributed by atoms with Gasteiger partial charge in [0.1, 0.15) is 0 Å². The molecule has 2 aromatic carbocycles. The number of hydrogen-bond acceptors (Lipinski definition) is 6. The third-order valence-electron chi connectivity index (χ3n) is 4.58. The molecule has 0 bridgehead atoms. The van der Waals surface area contributed by atoms with Gasteiger partial charge in [0.25, 0.3) is 11.8 Å². The third-order valence-corrected chi connectivity index (χ3v) is 5.07. The van der Waals surface area contributed by atoms with E-state index in [2.05, 4.69) is 35.9 Å². The van der Waals surface area contributed by atoms with E-state index in [-0.39, 0.29) is 36.5 Å². The largest absolute Gasteiger partial charge is 0.439 e. The Hall–Kier alpha value is -3.53. The normalized spacial score (nSPS) is 12.9. The van der Waals surface area contributed by atoms with Gasteiger partial charge in [0, 0.05) is 28.7 Å². The standard InChI is InChI=1S/C20H15BrN4O5/c21-12-6-7-14-15(10-12)19(28)25(18(14)27)8-2-5-16(26)22-13-4-1-3-11(9-13)17-23-20(29)30-24-17/h1,3-4,6-7,9-10H,2,5,8H2,(H,22,26)(H,23,24,29). The van der Waals surface area contributed by atoms with Crippen molar-refractivity contribution >= 4 is 39.3 Å². The molecular weight excluding hydrogens is 456 g/mol. The maximum absolute atomic E-state index is 12.4. The number of aromatic amines is 1. The quantitative estimate of drug-likeness (QED) is 0.533. The lowest BCUT2D eigenvalue weighted by Gasteiger charge is -2.13. The Bertz CT molecular complexity index is 1220. The van der Waals surface area contributed by atoms with Gasteiger partial charge in [-0.3, -0.25) is 28.8 Å². The first-order valence-corrected chi connectivity index (χ1v) is 9.84. The Kier molecular flexibility index (Phi) is 5.32. The summed E-state index contributed by atoms with van der Waals surface area (Å²) in [6.07, 6.45) is 0.455. The molecule has 2 N–H and O–H groups in total. The number of nitrogens with zero attached hydrogens (tertiary/aromatic N) is 2. The van der Waals surface area contributed by atoms with Crippen molar-refractivity contribution in [1.82, 2.24) is 15.0 Å². The predicted molar refractivity (Wildman–Crippen MR) is 110 cm³/mol. The summed E-state index contributed by atoms with van der Waals surface area (Å²) in [5, 5.41) is 6.36. The van der Waals surface area contributed by atoms with Crippen molar-refractivity contribution in [3.05, 3.63) is 68.6 Å². The van der Waals surface area contributed by atoms with Crippen LogP contribution in [0.3, 0.4) is 0 Å². The number of hydrogen-bond donors (Lipinski definition) is 2. The second kappa shape index (κ2) is 8.07. The highest BCUT2D eigenvalue weighted by atomic mass is 79.9. The monoisotopic (exact) mass is 470 g/mol. The highest BCUT2D eigenvalue weighted by Crippen LogP contribution is 2.26. The molecule has 10 heteroatoms. The number of carbonyl (C=O) groups is 3. The number of anilines is 1. The van der Waals surface area contributed by atoms with Gasteiger partial charge in [0.2, 0.25) is 5.91 Å². The van der Waals surface area contributed by atoms with Gasteiger partial charge in [-0.15, -0.1) is 0 Å². The number of H-pyrrole nitrogens is 1. The molecular formula is C20H15BrN4O5. The fraction of sp³-hybridized carbons (Fsp3) is 0.150. The third kappa shape index (κ3) is 3.94. The molecule has 30 heavy (non-hydrogen) atoms. The van der Waals surface area contributed by atoms with E-state index >= 15 is 0 Å². The van der Waals surface area contributed by atoms with Gasteiger partial charge in [-0.25, -0.2) is 4.79 Å². The topological polar surface area (TPSA) is 125 Å². The van der Waals surface area contributed by atoms with Crippen LogP contribution in [0.1, 0.15) is 33.6 Å². The number of carbonyl (C=O) groups excluding carboxylic acids is 3. The lowest BCUT2D eigenvalue weighted by atomic mass is 10.1. The minimum Gasteiger partial charge on any atom is -0.326 e. The number of rotatable bonds is 6. The first-order valence-electron chi connectivity index (χ1n) is 9.04. The van der Waals surface area contributed by atoms with Crippen molar-refractivity contribution in [3.8, 4) is 11.4 Å². The molecule has 2 heterocycles. The summed E-state index contributed by atoms with van der Waals surface area (Å²) in [7, 11) is 0. The maximum Gasteiger partial charge on any atom is 0.439 e. The molecule has 1 aliphatic rings. The van der Waals surface area contributed by atoms with Gasteiger partial charge in [-0.2, -0.15) is 0 Å². The molecule has 0 unspecified atom stereocenters. The summed E-state index contributed by atoms with van der Waals surface area (Å²) in [4.78, 5) is 51.8. The maximum atomic E-state index is 12.4. The number of halogens is 1. The fourth-order valence-electron chi connectivity index (χ4n) is 3.19. The zero-order valence-corrected chi connectivity index (χ0v) is 17.1. The van der Waals surface area contributed by atoms with Crippen LogP contribution < -0.4 is 11.1 Å². The molecule has 0 atom stereocenters. The molecule has 0 spiro atoms. The van der Waals surface area contributed by atoms with Crippen LogP contribution >= 0.6 is 15.9 Å². The minimum atomic E-state index is -0.667. The zero-order valence-electron chi connectivity index (χ0n) is 15.5. The number of benzene rings is 2. The molecule has 0 radical (unpaired) electrons. The van der Waals surface area contributed by atoms with Crippen molar-refractivity contribution < 1.29 is 18.9 Å². The first kappa shape index (κ1) is 19.8. The molecule has 1 aliphatic heterocycles. The summed E-state index contributed by atoms with van der Waals surface area (Å²) >= 11 is 3.30. The van der Waals surface area contributed by atoms with E-state index in [4.69, 9.17) is 0 Å². The van der Waals surface area contributed by atoms with Crippen molar-refractivity contribution in [2.45, 2.75) is 12.8 Å². The summed E-state index contributed by atoms with van der Waals surface area (Å²) in [6.45, 7) is 0.150. The van der Waals surface area contributed by atoms with Crippen molar-refractivity contribution in [2.75, 3.05) is 11.9 Å². The number of imide groups is 1. The van der Waals surface area contributed by atoms with Crippen LogP contribution in [0.25, 0.3) is 11.4 Å². The highest BCUT2D eigenvalue weighted by Gasteiger charge is 2.35. The lowest BCUT2D eigenvalue weighted by Crippen LogP contribution is -2.31. The van der Waals surface area contributed by atoms with Gasteiger partial charge >= 0.3 is 5.76 Å². The molecule has 0 saturated carbocycles. The van der Waals surface area contributed by atoms with Crippen LogP contribution in [-0.4, -0.2) is 39.3 Å². The zero-order chi connectivity index (χ0) is 21.3. The first-order chi connectivity index (χ1) is 14.4. The van der Waals surface area contributed by atoms with Gasteiger partial charge < -0.3 is 5.32 Å². The lowest BCUT2D eigenvalue weighted by molar-refractivity contribution is -0.116. The predicted octanol–water partition coefficient (Wildman–Crippen LogP) is 2.81. The van der Waals surface area contributed by atoms with E-state index in [0.717, 1.165) is 9.37 Å². The molecule has 152 valence electrons. The Morgan fingerprint density at radius 1 is 1.10 bits per heavy atom. The summed E-state index contributed by atoms with van der Waals surface area (Å²) in [6, 6.07) is 11.7. The van der Waals surface area contributed by atoms with E-state index in [1.165, 1.54) is 0 Å². The molecule has 1 aromatic heterocycles. The van der Waals surface area contributed by atoms with Gasteiger partial charge in [-0.1, -0.05) is 33.2 Å². The molecule has 9 nitrogen and oxygen atoms in total. The smallest absolute Gasteiger partial charge is 0.326 e. The van der Waals surface area contributed by atoms with Crippen LogP contribution in [-0.2, 0) is 4.79 Å². The van der Waals surface area contributed by atoms with Crippen LogP contribution in [0.15, 0.2) is 56.3 Å². The molecule has 4 rings (SSSR count). The summed E-state index contributed by atoms with van der Waals surface area (Å²) in [5.74, 6) is -1.38. The summed E-state index contributed by atoms with van der Waals surface area (Å²) < 4.78 is 5.20. The minimum absolute atomic E-state index is 0.127. The fourth-order valence-corrected chi connectivity index (χ4v) is 3.55. The number of nitrogens with one attached hydrogen (secondary N) is 2. The van der Waals surface area contributed by atoms with Crippen LogP contribution in [0.2, 0.25) is 0 Å². The van der Waals surface area contributed by atoms with Gasteiger partial charge in [0.15, 0.2) is 5.82 Å². The van der Waals surface area contributed by atoms with E-state index < -0.39 is 5.76 Å². The molecule has 3 amide bonds. The molecule has 0 aliphatic carbocycles. The number of amides is 3. The number of fused-ring (bicyclic) bond motifs is 1. The van der Waals surface area contributed by atoms with E-state index in [1.807, 2.05) is 0 Å². The van der Waals surface area contributed by atoms with Gasteiger partial charge in [0.05, 0.1) is 11.1 Å².